The van der Waals surface area contributed by atoms with Gasteiger partial charge in [0.05, 0.1) is 14.2 Å². The quantitative estimate of drug-likeness (QED) is 0.834. The van der Waals surface area contributed by atoms with Gasteiger partial charge in [-0.25, -0.2) is 0 Å². The van der Waals surface area contributed by atoms with Crippen molar-refractivity contribution in [2.24, 2.45) is 0 Å². The molecule has 1 aliphatic rings. The number of hydrogen-bond acceptors (Lipinski definition) is 4. The molecule has 1 aromatic carbocycles. The Morgan fingerprint density at radius 1 is 1.24 bits per heavy atom. The van der Waals surface area contributed by atoms with Gasteiger partial charge in [-0.1, -0.05) is 6.07 Å². The molecule has 1 aliphatic heterocycles. The second-order valence-electron chi connectivity index (χ2n) is 5.28. The Morgan fingerprint density at radius 2 is 1.95 bits per heavy atom. The minimum Gasteiger partial charge on any atom is -0.493 e. The number of carbonyl (C=O) groups is 1. The van der Waals surface area contributed by atoms with Crippen LogP contribution in [0, 0.1) is 0 Å². The summed E-state index contributed by atoms with van der Waals surface area (Å²) < 4.78 is 10.5. The van der Waals surface area contributed by atoms with E-state index in [2.05, 4.69) is 10.6 Å². The number of methoxy groups -OCH3 is 2. The van der Waals surface area contributed by atoms with Crippen LogP contribution in [0.4, 0.5) is 0 Å². The lowest BCUT2D eigenvalue weighted by Crippen LogP contribution is -2.42. The molecule has 0 aliphatic carbocycles. The van der Waals surface area contributed by atoms with Crippen molar-refractivity contribution >= 4 is 5.91 Å². The Labute approximate surface area is 126 Å². The van der Waals surface area contributed by atoms with E-state index in [0.717, 1.165) is 31.5 Å². The van der Waals surface area contributed by atoms with E-state index in [4.69, 9.17) is 9.47 Å². The summed E-state index contributed by atoms with van der Waals surface area (Å²) in [4.78, 5) is 12.0. The van der Waals surface area contributed by atoms with Crippen molar-refractivity contribution in [3.8, 4) is 11.5 Å². The SMILES string of the molecule is COc1ccc(CCC(=O)NC2CCNCC2)cc1OC. The molecule has 0 bridgehead atoms. The van der Waals surface area contributed by atoms with Crippen molar-refractivity contribution in [3.63, 3.8) is 0 Å². The van der Waals surface area contributed by atoms with Gasteiger partial charge in [0, 0.05) is 12.5 Å². The minimum absolute atomic E-state index is 0.122. The highest BCUT2D eigenvalue weighted by Crippen LogP contribution is 2.27. The van der Waals surface area contributed by atoms with Crippen molar-refractivity contribution in [2.45, 2.75) is 31.7 Å². The van der Waals surface area contributed by atoms with E-state index in [1.807, 2.05) is 18.2 Å². The lowest BCUT2D eigenvalue weighted by molar-refractivity contribution is -0.121. The number of amides is 1. The molecule has 0 atom stereocenters. The zero-order valence-corrected chi connectivity index (χ0v) is 12.8. The van der Waals surface area contributed by atoms with Crippen LogP contribution in [0.3, 0.4) is 0 Å². The van der Waals surface area contributed by atoms with Crippen LogP contribution in [0.5, 0.6) is 11.5 Å². The molecule has 0 spiro atoms. The normalized spacial score (nSPS) is 15.5. The van der Waals surface area contributed by atoms with Crippen LogP contribution in [-0.2, 0) is 11.2 Å². The maximum Gasteiger partial charge on any atom is 0.220 e. The summed E-state index contributed by atoms with van der Waals surface area (Å²) in [5, 5.41) is 6.40. The highest BCUT2D eigenvalue weighted by molar-refractivity contribution is 5.76. The molecule has 0 aromatic heterocycles. The Kier molecular flexibility index (Phi) is 5.87. The number of piperidine rings is 1. The van der Waals surface area contributed by atoms with Crippen LogP contribution in [0.2, 0.25) is 0 Å². The first-order valence-corrected chi connectivity index (χ1v) is 7.44. The number of hydrogen-bond donors (Lipinski definition) is 2. The number of rotatable bonds is 6. The van der Waals surface area contributed by atoms with Gasteiger partial charge >= 0.3 is 0 Å². The Hall–Kier alpha value is -1.75. The monoisotopic (exact) mass is 292 g/mol. The van der Waals surface area contributed by atoms with Gasteiger partial charge < -0.3 is 20.1 Å². The van der Waals surface area contributed by atoms with Crippen molar-refractivity contribution in [1.82, 2.24) is 10.6 Å². The number of aryl methyl sites for hydroxylation is 1. The fraction of sp³-hybridized carbons (Fsp3) is 0.562. The van der Waals surface area contributed by atoms with E-state index in [0.29, 0.717) is 30.4 Å². The second-order valence-corrected chi connectivity index (χ2v) is 5.28. The van der Waals surface area contributed by atoms with Crippen molar-refractivity contribution in [3.05, 3.63) is 23.8 Å². The molecule has 21 heavy (non-hydrogen) atoms. The third-order valence-electron chi connectivity index (χ3n) is 3.79. The van der Waals surface area contributed by atoms with Crippen LogP contribution >= 0.6 is 0 Å². The average molecular weight is 292 g/mol. The smallest absolute Gasteiger partial charge is 0.220 e. The lowest BCUT2D eigenvalue weighted by atomic mass is 10.1. The Balaban J connectivity index is 1.83. The van der Waals surface area contributed by atoms with Gasteiger partial charge in [0.15, 0.2) is 11.5 Å². The molecule has 116 valence electrons. The maximum atomic E-state index is 12.0. The molecule has 0 radical (unpaired) electrons. The Morgan fingerprint density at radius 3 is 2.62 bits per heavy atom. The molecule has 1 heterocycles. The zero-order chi connectivity index (χ0) is 15.1. The van der Waals surface area contributed by atoms with Gasteiger partial charge in [0.1, 0.15) is 0 Å². The first-order chi connectivity index (χ1) is 10.2. The summed E-state index contributed by atoms with van der Waals surface area (Å²) >= 11 is 0. The largest absolute Gasteiger partial charge is 0.493 e. The van der Waals surface area contributed by atoms with Crippen molar-refractivity contribution in [2.75, 3.05) is 27.3 Å². The van der Waals surface area contributed by atoms with Gasteiger partial charge in [0.2, 0.25) is 5.91 Å². The average Bonchev–Trinajstić information content (AvgIpc) is 2.53. The Bertz CT molecular complexity index is 471. The number of ether oxygens (including phenoxy) is 2. The second kappa shape index (κ2) is 7.88. The molecular formula is C16H24N2O3. The van der Waals surface area contributed by atoms with Gasteiger partial charge in [-0.3, -0.25) is 4.79 Å². The van der Waals surface area contributed by atoms with Gasteiger partial charge in [-0.2, -0.15) is 0 Å². The fourth-order valence-corrected chi connectivity index (χ4v) is 2.56. The maximum absolute atomic E-state index is 12.0. The van der Waals surface area contributed by atoms with Gasteiger partial charge in [-0.15, -0.1) is 0 Å². The highest BCUT2D eigenvalue weighted by Gasteiger charge is 2.15. The summed E-state index contributed by atoms with van der Waals surface area (Å²) in [6.45, 7) is 1.97. The van der Waals surface area contributed by atoms with E-state index in [1.165, 1.54) is 0 Å². The summed E-state index contributed by atoms with van der Waals surface area (Å²) in [5.74, 6) is 1.53. The molecule has 1 amide bonds. The summed E-state index contributed by atoms with van der Waals surface area (Å²) in [5.41, 5.74) is 1.08. The number of carbonyl (C=O) groups excluding carboxylic acids is 1. The molecule has 1 fully saturated rings. The minimum atomic E-state index is 0.122. The highest BCUT2D eigenvalue weighted by atomic mass is 16.5. The van der Waals surface area contributed by atoms with E-state index in [-0.39, 0.29) is 5.91 Å². The molecule has 0 saturated carbocycles. The van der Waals surface area contributed by atoms with Gasteiger partial charge in [0.25, 0.3) is 0 Å². The van der Waals surface area contributed by atoms with E-state index >= 15 is 0 Å². The molecular weight excluding hydrogens is 268 g/mol. The van der Waals surface area contributed by atoms with E-state index in [9.17, 15) is 4.79 Å². The van der Waals surface area contributed by atoms with Crippen LogP contribution in [0.1, 0.15) is 24.8 Å². The van der Waals surface area contributed by atoms with Gasteiger partial charge in [-0.05, 0) is 50.0 Å². The summed E-state index contributed by atoms with van der Waals surface area (Å²) in [6, 6.07) is 6.10. The third-order valence-corrected chi connectivity index (χ3v) is 3.79. The van der Waals surface area contributed by atoms with E-state index in [1.54, 1.807) is 14.2 Å². The predicted octanol–water partition coefficient (Wildman–Crippen LogP) is 1.50. The van der Waals surface area contributed by atoms with Crippen LogP contribution in [0.15, 0.2) is 18.2 Å². The predicted molar refractivity (Wildman–Crippen MR) is 81.9 cm³/mol. The lowest BCUT2D eigenvalue weighted by Gasteiger charge is -2.23. The first kappa shape index (κ1) is 15.6. The molecule has 1 aromatic rings. The fourth-order valence-electron chi connectivity index (χ4n) is 2.56. The van der Waals surface area contributed by atoms with Crippen molar-refractivity contribution in [1.29, 1.82) is 0 Å². The standard InChI is InChI=1S/C16H24N2O3/c1-20-14-5-3-12(11-15(14)21-2)4-6-16(19)18-13-7-9-17-10-8-13/h3,5,11,13,17H,4,6-10H2,1-2H3,(H,18,19). The third kappa shape index (κ3) is 4.63. The molecule has 1 saturated heterocycles. The van der Waals surface area contributed by atoms with Crippen LogP contribution in [-0.4, -0.2) is 39.3 Å². The summed E-state index contributed by atoms with van der Waals surface area (Å²) in [7, 11) is 3.23. The van der Waals surface area contributed by atoms with Crippen molar-refractivity contribution < 1.29 is 14.3 Å². The molecule has 2 N–H and O–H groups in total. The van der Waals surface area contributed by atoms with E-state index < -0.39 is 0 Å². The summed E-state index contributed by atoms with van der Waals surface area (Å²) in [6.07, 6.45) is 3.24. The first-order valence-electron chi connectivity index (χ1n) is 7.44. The molecule has 2 rings (SSSR count). The molecule has 0 unspecified atom stereocenters. The van der Waals surface area contributed by atoms with Crippen LogP contribution in [0.25, 0.3) is 0 Å². The molecule has 5 nitrogen and oxygen atoms in total. The van der Waals surface area contributed by atoms with Crippen LogP contribution < -0.4 is 20.1 Å². The molecule has 5 heteroatoms. The zero-order valence-electron chi connectivity index (χ0n) is 12.8. The number of nitrogens with one attached hydrogen (secondary N) is 2. The number of benzene rings is 1. The topological polar surface area (TPSA) is 59.6 Å².